The van der Waals surface area contributed by atoms with Gasteiger partial charge >= 0.3 is 0 Å². The largest absolute Gasteiger partial charge is 0.297 e. The van der Waals surface area contributed by atoms with E-state index in [1.165, 1.54) is 0 Å². The number of nitrogens with zero attached hydrogens (tertiary/aromatic N) is 3. The van der Waals surface area contributed by atoms with Crippen LogP contribution < -0.4 is 0 Å². The number of carbonyl (C=O) groups excluding carboxylic acids is 1. The second-order valence-corrected chi connectivity index (χ2v) is 7.60. The molecule has 6 heteroatoms. The number of hydrogen-bond donors (Lipinski definition) is 0. The first kappa shape index (κ1) is 19.2. The van der Waals surface area contributed by atoms with Crippen LogP contribution in [0.5, 0.6) is 0 Å². The molecule has 2 aromatic heterocycles. The molecule has 4 rings (SSSR count). The van der Waals surface area contributed by atoms with Crippen molar-refractivity contribution in [3.05, 3.63) is 92.7 Å². The van der Waals surface area contributed by atoms with Crippen molar-refractivity contribution in [3.8, 4) is 17.3 Å². The zero-order valence-electron chi connectivity index (χ0n) is 15.7. The van der Waals surface area contributed by atoms with E-state index in [-0.39, 0.29) is 11.5 Å². The monoisotopic (exact) mass is 419 g/mol. The van der Waals surface area contributed by atoms with Crippen LogP contribution >= 0.6 is 23.2 Å². The molecule has 0 aliphatic rings. The standard InChI is InChI=1S/C23H15Cl2N3O/c1-13-14(2)28-21(15-3-7-17(24)8-4-15)11-20(27-23(28)19(13)12-26)22(29)16-5-9-18(25)10-6-16/h3-11H,1-2H3. The molecule has 0 spiro atoms. The third-order valence-electron chi connectivity index (χ3n) is 5.02. The van der Waals surface area contributed by atoms with Crippen LogP contribution in [0.15, 0.2) is 54.6 Å². The number of nitriles is 1. The van der Waals surface area contributed by atoms with Crippen LogP contribution in [-0.2, 0) is 0 Å². The fraction of sp³-hybridized carbons (Fsp3) is 0.0870. The van der Waals surface area contributed by atoms with Gasteiger partial charge in [0.25, 0.3) is 0 Å². The fourth-order valence-electron chi connectivity index (χ4n) is 3.36. The topological polar surface area (TPSA) is 58.2 Å². The molecular weight excluding hydrogens is 405 g/mol. The first-order chi connectivity index (χ1) is 13.9. The Labute approximate surface area is 178 Å². The molecule has 2 aromatic carbocycles. The molecule has 0 aliphatic heterocycles. The predicted molar refractivity (Wildman–Crippen MR) is 115 cm³/mol. The van der Waals surface area contributed by atoms with Gasteiger partial charge in [-0.15, -0.1) is 0 Å². The molecule has 0 unspecified atom stereocenters. The molecule has 29 heavy (non-hydrogen) atoms. The summed E-state index contributed by atoms with van der Waals surface area (Å²) in [6.07, 6.45) is 0. The Morgan fingerprint density at radius 1 is 1.00 bits per heavy atom. The van der Waals surface area contributed by atoms with Crippen LogP contribution in [0.2, 0.25) is 10.0 Å². The summed E-state index contributed by atoms with van der Waals surface area (Å²) < 4.78 is 1.91. The van der Waals surface area contributed by atoms with Crippen molar-refractivity contribution >= 4 is 34.6 Å². The SMILES string of the molecule is Cc1c(C#N)c2nc(C(=O)c3ccc(Cl)cc3)cc(-c3ccc(Cl)cc3)n2c1C. The quantitative estimate of drug-likeness (QED) is 0.381. The minimum atomic E-state index is -0.236. The fourth-order valence-corrected chi connectivity index (χ4v) is 3.61. The van der Waals surface area contributed by atoms with Gasteiger partial charge in [-0.3, -0.25) is 9.20 Å². The highest BCUT2D eigenvalue weighted by molar-refractivity contribution is 6.31. The van der Waals surface area contributed by atoms with Crippen molar-refractivity contribution in [3.63, 3.8) is 0 Å². The molecule has 0 bridgehead atoms. The summed E-state index contributed by atoms with van der Waals surface area (Å²) in [5, 5.41) is 10.9. The van der Waals surface area contributed by atoms with Crippen LogP contribution in [0.25, 0.3) is 16.9 Å². The van der Waals surface area contributed by atoms with Crippen molar-refractivity contribution in [2.45, 2.75) is 13.8 Å². The first-order valence-corrected chi connectivity index (χ1v) is 9.65. The average molecular weight is 420 g/mol. The highest BCUT2D eigenvalue weighted by Gasteiger charge is 2.21. The summed E-state index contributed by atoms with van der Waals surface area (Å²) in [4.78, 5) is 17.7. The molecule has 0 saturated heterocycles. The first-order valence-electron chi connectivity index (χ1n) is 8.89. The van der Waals surface area contributed by atoms with Gasteiger partial charge in [-0.25, -0.2) is 4.98 Å². The highest BCUT2D eigenvalue weighted by Crippen LogP contribution is 2.30. The highest BCUT2D eigenvalue weighted by atomic mass is 35.5. The second-order valence-electron chi connectivity index (χ2n) is 6.73. The molecule has 0 saturated carbocycles. The number of hydrogen-bond acceptors (Lipinski definition) is 3. The third-order valence-corrected chi connectivity index (χ3v) is 5.52. The molecule has 0 fully saturated rings. The van der Waals surface area contributed by atoms with E-state index in [1.54, 1.807) is 42.5 Å². The summed E-state index contributed by atoms with van der Waals surface area (Å²) in [7, 11) is 0. The molecule has 142 valence electrons. The summed E-state index contributed by atoms with van der Waals surface area (Å²) in [5.41, 5.74) is 5.05. The number of rotatable bonds is 3. The molecule has 0 aliphatic carbocycles. The van der Waals surface area contributed by atoms with E-state index in [0.717, 1.165) is 22.5 Å². The van der Waals surface area contributed by atoms with E-state index in [9.17, 15) is 10.1 Å². The van der Waals surface area contributed by atoms with E-state index in [2.05, 4.69) is 11.1 Å². The minimum absolute atomic E-state index is 0.236. The predicted octanol–water partition coefficient (Wildman–Crippen LogP) is 6.03. The number of aromatic nitrogens is 2. The maximum atomic E-state index is 13.1. The maximum absolute atomic E-state index is 13.1. The lowest BCUT2D eigenvalue weighted by molar-refractivity contribution is 0.103. The molecule has 0 atom stereocenters. The lowest BCUT2D eigenvalue weighted by atomic mass is 10.1. The van der Waals surface area contributed by atoms with Crippen molar-refractivity contribution in [1.82, 2.24) is 9.38 Å². The summed E-state index contributed by atoms with van der Waals surface area (Å²) in [5.74, 6) is -0.236. The van der Waals surface area contributed by atoms with E-state index in [1.807, 2.05) is 30.4 Å². The van der Waals surface area contributed by atoms with Crippen LogP contribution in [0, 0.1) is 25.2 Å². The number of benzene rings is 2. The van der Waals surface area contributed by atoms with E-state index >= 15 is 0 Å². The van der Waals surface area contributed by atoms with Crippen LogP contribution in [-0.4, -0.2) is 15.2 Å². The van der Waals surface area contributed by atoms with Crippen LogP contribution in [0.3, 0.4) is 0 Å². The van der Waals surface area contributed by atoms with Crippen LogP contribution in [0.4, 0.5) is 0 Å². The Balaban J connectivity index is 2.02. The van der Waals surface area contributed by atoms with Crippen molar-refractivity contribution in [1.29, 1.82) is 5.26 Å². The van der Waals surface area contributed by atoms with Gasteiger partial charge in [-0.1, -0.05) is 35.3 Å². The smallest absolute Gasteiger partial charge is 0.211 e. The molecule has 4 aromatic rings. The average Bonchev–Trinajstić information content (AvgIpc) is 2.98. The van der Waals surface area contributed by atoms with Crippen molar-refractivity contribution in [2.24, 2.45) is 0 Å². The van der Waals surface area contributed by atoms with Gasteiger partial charge in [0.15, 0.2) is 5.65 Å². The van der Waals surface area contributed by atoms with E-state index in [0.29, 0.717) is 26.8 Å². The van der Waals surface area contributed by atoms with Gasteiger partial charge in [0, 0.05) is 21.3 Å². The Kier molecular flexibility index (Phi) is 4.87. The summed E-state index contributed by atoms with van der Waals surface area (Å²) in [6.45, 7) is 3.82. The van der Waals surface area contributed by atoms with Gasteiger partial charge < -0.3 is 0 Å². The van der Waals surface area contributed by atoms with Gasteiger partial charge in [0.05, 0.1) is 11.3 Å². The van der Waals surface area contributed by atoms with Gasteiger partial charge in [0.2, 0.25) is 5.78 Å². The Bertz CT molecular complexity index is 1300. The molecular formula is C23H15Cl2N3O. The van der Waals surface area contributed by atoms with E-state index < -0.39 is 0 Å². The zero-order chi connectivity index (χ0) is 20.7. The van der Waals surface area contributed by atoms with Gasteiger partial charge in [0.1, 0.15) is 11.8 Å². The molecule has 0 amide bonds. The number of fused-ring (bicyclic) bond motifs is 1. The Morgan fingerprint density at radius 3 is 2.17 bits per heavy atom. The lowest BCUT2D eigenvalue weighted by Gasteiger charge is -2.11. The number of aryl methyl sites for hydroxylation is 1. The molecule has 0 N–H and O–H groups in total. The number of ketones is 1. The number of carbonyl (C=O) groups is 1. The second kappa shape index (κ2) is 7.36. The molecule has 4 nitrogen and oxygen atoms in total. The van der Waals surface area contributed by atoms with Gasteiger partial charge in [-0.2, -0.15) is 5.26 Å². The lowest BCUT2D eigenvalue weighted by Crippen LogP contribution is -2.08. The van der Waals surface area contributed by atoms with Crippen molar-refractivity contribution < 1.29 is 4.79 Å². The summed E-state index contributed by atoms with van der Waals surface area (Å²) >= 11 is 12.0. The molecule has 2 heterocycles. The van der Waals surface area contributed by atoms with E-state index in [4.69, 9.17) is 23.2 Å². The Morgan fingerprint density at radius 2 is 1.59 bits per heavy atom. The maximum Gasteiger partial charge on any atom is 0.211 e. The van der Waals surface area contributed by atoms with Crippen molar-refractivity contribution in [2.75, 3.05) is 0 Å². The Hall–Kier alpha value is -3.13. The summed E-state index contributed by atoms with van der Waals surface area (Å²) in [6, 6.07) is 18.0. The zero-order valence-corrected chi connectivity index (χ0v) is 17.2. The van der Waals surface area contributed by atoms with Gasteiger partial charge in [-0.05, 0) is 67.4 Å². The molecule has 0 radical (unpaired) electrons. The normalized spacial score (nSPS) is 10.9. The minimum Gasteiger partial charge on any atom is -0.297 e. The number of halogens is 2. The van der Waals surface area contributed by atoms with Crippen LogP contribution in [0.1, 0.15) is 32.9 Å². The third kappa shape index (κ3) is 3.29.